The van der Waals surface area contributed by atoms with E-state index < -0.39 is 6.61 Å². The van der Waals surface area contributed by atoms with E-state index in [0.717, 1.165) is 22.0 Å². The van der Waals surface area contributed by atoms with Crippen LogP contribution in [0.3, 0.4) is 0 Å². The summed E-state index contributed by atoms with van der Waals surface area (Å²) in [5, 5.41) is 4.00. The largest absolute Gasteiger partial charge is 0.435 e. The average molecular weight is 358 g/mol. The summed E-state index contributed by atoms with van der Waals surface area (Å²) >= 11 is 0. The van der Waals surface area contributed by atoms with Gasteiger partial charge in [0.2, 0.25) is 5.91 Å². The molecule has 0 aliphatic carbocycles. The number of aryl methyl sites for hydroxylation is 1. The molecule has 0 saturated carbocycles. The minimum Gasteiger partial charge on any atom is -0.435 e. The summed E-state index contributed by atoms with van der Waals surface area (Å²) in [6, 6.07) is 14.0. The van der Waals surface area contributed by atoms with Gasteiger partial charge in [-0.05, 0) is 36.2 Å². The molecular formula is C20H20F2N2O2. The molecule has 6 heteroatoms. The molecule has 1 amide bonds. The van der Waals surface area contributed by atoms with Crippen LogP contribution in [-0.2, 0) is 18.3 Å². The zero-order chi connectivity index (χ0) is 18.7. The standard InChI is InChI=1S/C20H20F2N2O2/c1-13(14-7-9-16(10-8-14)26-20(21)22)23-19(25)11-15-12-24(2)18-6-4-3-5-17(15)18/h3-10,12-13,20H,11H2,1-2H3,(H,23,25). The van der Waals surface area contributed by atoms with E-state index in [0.29, 0.717) is 0 Å². The highest BCUT2D eigenvalue weighted by Gasteiger charge is 2.14. The van der Waals surface area contributed by atoms with Crippen molar-refractivity contribution >= 4 is 16.8 Å². The lowest BCUT2D eigenvalue weighted by molar-refractivity contribution is -0.121. The van der Waals surface area contributed by atoms with Gasteiger partial charge in [0.1, 0.15) is 5.75 Å². The number of halogens is 2. The van der Waals surface area contributed by atoms with Crippen molar-refractivity contribution < 1.29 is 18.3 Å². The molecule has 2 aromatic carbocycles. The van der Waals surface area contributed by atoms with Crippen LogP contribution < -0.4 is 10.1 Å². The van der Waals surface area contributed by atoms with E-state index in [1.54, 1.807) is 12.1 Å². The summed E-state index contributed by atoms with van der Waals surface area (Å²) in [5.74, 6) is -0.000193. The second kappa shape index (κ2) is 7.56. The third kappa shape index (κ3) is 4.02. The molecule has 4 nitrogen and oxygen atoms in total. The van der Waals surface area contributed by atoms with Crippen molar-refractivity contribution in [1.82, 2.24) is 9.88 Å². The van der Waals surface area contributed by atoms with Crippen molar-refractivity contribution in [1.29, 1.82) is 0 Å². The second-order valence-corrected chi connectivity index (χ2v) is 6.20. The lowest BCUT2D eigenvalue weighted by atomic mass is 10.1. The van der Waals surface area contributed by atoms with Crippen LogP contribution in [0, 0.1) is 0 Å². The zero-order valence-corrected chi connectivity index (χ0v) is 14.6. The summed E-state index contributed by atoms with van der Waals surface area (Å²) in [4.78, 5) is 12.4. The number of rotatable bonds is 6. The molecule has 1 atom stereocenters. The molecule has 136 valence electrons. The van der Waals surface area contributed by atoms with Crippen molar-refractivity contribution in [3.63, 3.8) is 0 Å². The van der Waals surface area contributed by atoms with Crippen LogP contribution >= 0.6 is 0 Å². The quantitative estimate of drug-likeness (QED) is 0.718. The maximum Gasteiger partial charge on any atom is 0.387 e. The Bertz CT molecular complexity index is 904. The first-order chi connectivity index (χ1) is 12.4. The number of ether oxygens (including phenoxy) is 1. The molecule has 0 bridgehead atoms. The lowest BCUT2D eigenvalue weighted by Crippen LogP contribution is -2.28. The van der Waals surface area contributed by atoms with E-state index in [2.05, 4.69) is 10.1 Å². The smallest absolute Gasteiger partial charge is 0.387 e. The molecule has 0 spiro atoms. The van der Waals surface area contributed by atoms with Gasteiger partial charge in [-0.25, -0.2) is 0 Å². The summed E-state index contributed by atoms with van der Waals surface area (Å²) in [7, 11) is 1.95. The van der Waals surface area contributed by atoms with Crippen LogP contribution in [-0.4, -0.2) is 17.1 Å². The molecule has 0 radical (unpaired) electrons. The Labute approximate surface area is 150 Å². The first kappa shape index (κ1) is 17.9. The highest BCUT2D eigenvalue weighted by atomic mass is 19.3. The van der Waals surface area contributed by atoms with Gasteiger partial charge in [-0.2, -0.15) is 8.78 Å². The molecule has 3 rings (SSSR count). The highest BCUT2D eigenvalue weighted by molar-refractivity contribution is 5.89. The Balaban J connectivity index is 1.65. The van der Waals surface area contributed by atoms with Crippen LogP contribution in [0.4, 0.5) is 8.78 Å². The summed E-state index contributed by atoms with van der Waals surface area (Å²) < 4.78 is 30.7. The number of fused-ring (bicyclic) bond motifs is 1. The fourth-order valence-electron chi connectivity index (χ4n) is 3.05. The van der Waals surface area contributed by atoms with Gasteiger partial charge < -0.3 is 14.6 Å². The van der Waals surface area contributed by atoms with E-state index in [1.165, 1.54) is 12.1 Å². The number of nitrogens with one attached hydrogen (secondary N) is 1. The van der Waals surface area contributed by atoms with Crippen LogP contribution in [0.1, 0.15) is 24.1 Å². The van der Waals surface area contributed by atoms with Crippen LogP contribution in [0.2, 0.25) is 0 Å². The van der Waals surface area contributed by atoms with Gasteiger partial charge in [-0.15, -0.1) is 0 Å². The summed E-state index contributed by atoms with van der Waals surface area (Å²) in [5.41, 5.74) is 2.87. The summed E-state index contributed by atoms with van der Waals surface area (Å²) in [6.45, 7) is -0.997. The highest BCUT2D eigenvalue weighted by Crippen LogP contribution is 2.22. The van der Waals surface area contributed by atoms with Gasteiger partial charge in [-0.1, -0.05) is 30.3 Å². The predicted octanol–water partition coefficient (Wildman–Crippen LogP) is 4.20. The van der Waals surface area contributed by atoms with Crippen molar-refractivity contribution in [3.8, 4) is 5.75 Å². The van der Waals surface area contributed by atoms with E-state index in [1.807, 2.05) is 49.0 Å². The fourth-order valence-corrected chi connectivity index (χ4v) is 3.05. The number of hydrogen-bond acceptors (Lipinski definition) is 2. The van der Waals surface area contributed by atoms with E-state index in [4.69, 9.17) is 0 Å². The Morgan fingerprint density at radius 1 is 1.15 bits per heavy atom. The van der Waals surface area contributed by atoms with Crippen LogP contribution in [0.5, 0.6) is 5.75 Å². The van der Waals surface area contributed by atoms with Crippen molar-refractivity contribution in [2.45, 2.75) is 26.0 Å². The molecule has 1 aromatic heterocycles. The topological polar surface area (TPSA) is 43.3 Å². The molecule has 0 aliphatic heterocycles. The maximum atomic E-state index is 12.4. The maximum absolute atomic E-state index is 12.4. The predicted molar refractivity (Wildman–Crippen MR) is 96.3 cm³/mol. The number of para-hydroxylation sites is 1. The Morgan fingerprint density at radius 3 is 2.54 bits per heavy atom. The molecule has 1 N–H and O–H groups in total. The molecular weight excluding hydrogens is 338 g/mol. The minimum atomic E-state index is -2.85. The van der Waals surface area contributed by atoms with Gasteiger partial charge >= 0.3 is 6.61 Å². The van der Waals surface area contributed by atoms with E-state index in [9.17, 15) is 13.6 Å². The zero-order valence-electron chi connectivity index (χ0n) is 14.6. The van der Waals surface area contributed by atoms with Gasteiger partial charge in [0.15, 0.2) is 0 Å². The number of aromatic nitrogens is 1. The van der Waals surface area contributed by atoms with E-state index >= 15 is 0 Å². The minimum absolute atomic E-state index is 0.0954. The molecule has 3 aromatic rings. The van der Waals surface area contributed by atoms with Crippen LogP contribution in [0.25, 0.3) is 10.9 Å². The number of hydrogen-bond donors (Lipinski definition) is 1. The van der Waals surface area contributed by atoms with Gasteiger partial charge in [-0.3, -0.25) is 4.79 Å². The Morgan fingerprint density at radius 2 is 1.85 bits per heavy atom. The average Bonchev–Trinajstić information content (AvgIpc) is 2.91. The molecule has 0 fully saturated rings. The van der Waals surface area contributed by atoms with Crippen molar-refractivity contribution in [3.05, 3.63) is 65.9 Å². The normalized spacial score (nSPS) is 12.3. The molecule has 0 saturated heterocycles. The molecule has 0 aliphatic rings. The van der Waals surface area contributed by atoms with Crippen molar-refractivity contribution in [2.75, 3.05) is 0 Å². The third-order valence-electron chi connectivity index (χ3n) is 4.31. The number of nitrogens with zero attached hydrogens (tertiary/aromatic N) is 1. The van der Waals surface area contributed by atoms with Gasteiger partial charge in [0.25, 0.3) is 0 Å². The second-order valence-electron chi connectivity index (χ2n) is 6.20. The van der Waals surface area contributed by atoms with Crippen LogP contribution in [0.15, 0.2) is 54.7 Å². The number of carbonyl (C=O) groups is 1. The third-order valence-corrected chi connectivity index (χ3v) is 4.31. The SMILES string of the molecule is CC(NC(=O)Cc1cn(C)c2ccccc12)c1ccc(OC(F)F)cc1. The van der Waals surface area contributed by atoms with Crippen molar-refractivity contribution in [2.24, 2.45) is 7.05 Å². The first-order valence-electron chi connectivity index (χ1n) is 8.31. The number of carbonyl (C=O) groups excluding carboxylic acids is 1. The Kier molecular flexibility index (Phi) is 5.21. The summed E-state index contributed by atoms with van der Waals surface area (Å²) in [6.07, 6.45) is 2.24. The molecule has 1 heterocycles. The lowest BCUT2D eigenvalue weighted by Gasteiger charge is -2.15. The number of benzene rings is 2. The van der Waals surface area contributed by atoms with E-state index in [-0.39, 0.29) is 24.1 Å². The fraction of sp³-hybridized carbons (Fsp3) is 0.250. The monoisotopic (exact) mass is 358 g/mol. The molecule has 1 unspecified atom stereocenters. The first-order valence-corrected chi connectivity index (χ1v) is 8.31. The van der Waals surface area contributed by atoms with Gasteiger partial charge in [0, 0.05) is 24.1 Å². The number of amides is 1. The van der Waals surface area contributed by atoms with Gasteiger partial charge in [0.05, 0.1) is 12.5 Å². The molecule has 26 heavy (non-hydrogen) atoms. The Hall–Kier alpha value is -2.89. The number of alkyl halides is 2.